The highest BCUT2D eigenvalue weighted by Gasteiger charge is 2.26. The summed E-state index contributed by atoms with van der Waals surface area (Å²) in [6.45, 7) is 0. The predicted molar refractivity (Wildman–Crippen MR) is 128 cm³/mol. The van der Waals surface area contributed by atoms with Crippen molar-refractivity contribution in [2.45, 2.75) is 38.5 Å². The lowest BCUT2D eigenvalue weighted by atomic mass is 9.92. The molecule has 0 unspecified atom stereocenters. The Labute approximate surface area is 192 Å². The van der Waals surface area contributed by atoms with Gasteiger partial charge in [0.15, 0.2) is 0 Å². The minimum Gasteiger partial charge on any atom is -0.497 e. The number of rotatable bonds is 6. The van der Waals surface area contributed by atoms with Crippen LogP contribution in [0.3, 0.4) is 0 Å². The number of carbonyl (C=O) groups is 2. The quantitative estimate of drug-likeness (QED) is 0.464. The zero-order valence-electron chi connectivity index (χ0n) is 18.5. The van der Waals surface area contributed by atoms with Gasteiger partial charge >= 0.3 is 5.97 Å². The van der Waals surface area contributed by atoms with Crippen LogP contribution in [0, 0.1) is 0 Å². The molecule has 0 radical (unpaired) electrons. The van der Waals surface area contributed by atoms with Crippen molar-refractivity contribution in [3.63, 3.8) is 0 Å². The average Bonchev–Trinajstić information content (AvgIpc) is 3.33. The predicted octanol–water partition coefficient (Wildman–Crippen LogP) is 5.08. The Morgan fingerprint density at radius 1 is 1.12 bits per heavy atom. The fraction of sp³-hybridized carbons (Fsp3) is 0.259. The molecule has 168 valence electrons. The van der Waals surface area contributed by atoms with E-state index in [9.17, 15) is 14.7 Å². The number of aromatic amines is 1. The molecule has 6 heteroatoms. The Morgan fingerprint density at radius 2 is 1.94 bits per heavy atom. The van der Waals surface area contributed by atoms with Gasteiger partial charge in [0.25, 0.3) is 5.91 Å². The number of methoxy groups -OCH3 is 1. The molecule has 2 aliphatic rings. The highest BCUT2D eigenvalue weighted by molar-refractivity contribution is 6.35. The van der Waals surface area contributed by atoms with Crippen molar-refractivity contribution in [2.75, 3.05) is 12.4 Å². The number of hydrogen-bond acceptors (Lipinski definition) is 3. The van der Waals surface area contributed by atoms with Gasteiger partial charge in [-0.2, -0.15) is 0 Å². The fourth-order valence-corrected chi connectivity index (χ4v) is 4.88. The molecule has 2 aromatic carbocycles. The molecule has 3 aromatic rings. The van der Waals surface area contributed by atoms with Crippen molar-refractivity contribution in [2.24, 2.45) is 0 Å². The third-order valence-corrected chi connectivity index (χ3v) is 6.53. The molecule has 1 aliphatic heterocycles. The maximum atomic E-state index is 12.9. The van der Waals surface area contributed by atoms with Gasteiger partial charge in [-0.15, -0.1) is 0 Å². The van der Waals surface area contributed by atoms with Gasteiger partial charge in [0.05, 0.1) is 12.7 Å². The normalized spacial score (nSPS) is 15.8. The van der Waals surface area contributed by atoms with E-state index < -0.39 is 5.97 Å². The monoisotopic (exact) mass is 442 g/mol. The van der Waals surface area contributed by atoms with Crippen LogP contribution in [-0.4, -0.2) is 29.1 Å². The minimum absolute atomic E-state index is 0.0765. The van der Waals surface area contributed by atoms with Gasteiger partial charge in [0.1, 0.15) is 5.75 Å². The number of aryl methyl sites for hydroxylation is 1. The number of benzene rings is 2. The number of amides is 1. The Morgan fingerprint density at radius 3 is 2.76 bits per heavy atom. The van der Waals surface area contributed by atoms with Gasteiger partial charge in [-0.3, -0.25) is 9.59 Å². The van der Waals surface area contributed by atoms with Crippen LogP contribution in [0.25, 0.3) is 22.8 Å². The average molecular weight is 443 g/mol. The van der Waals surface area contributed by atoms with E-state index in [0.29, 0.717) is 12.0 Å². The smallest absolute Gasteiger partial charge is 0.303 e. The van der Waals surface area contributed by atoms with Crippen LogP contribution in [0.2, 0.25) is 0 Å². The van der Waals surface area contributed by atoms with Crippen LogP contribution in [0.15, 0.2) is 42.5 Å². The molecule has 1 aromatic heterocycles. The molecule has 3 N–H and O–H groups in total. The lowest BCUT2D eigenvalue weighted by molar-refractivity contribution is -0.137. The fourth-order valence-electron chi connectivity index (χ4n) is 4.88. The number of aliphatic carboxylic acids is 1. The third-order valence-electron chi connectivity index (χ3n) is 6.53. The Bertz CT molecular complexity index is 1290. The summed E-state index contributed by atoms with van der Waals surface area (Å²) in [6.07, 6.45) is 6.58. The Kier molecular flexibility index (Phi) is 5.50. The Hall–Kier alpha value is -3.80. The van der Waals surface area contributed by atoms with Crippen LogP contribution in [0.5, 0.6) is 5.75 Å². The molecular formula is C27H26N2O4. The molecule has 0 spiro atoms. The number of nitrogens with one attached hydrogen (secondary N) is 2. The van der Waals surface area contributed by atoms with Crippen molar-refractivity contribution < 1.29 is 19.4 Å². The van der Waals surface area contributed by atoms with E-state index in [1.165, 1.54) is 11.3 Å². The van der Waals surface area contributed by atoms with E-state index >= 15 is 0 Å². The van der Waals surface area contributed by atoms with Gasteiger partial charge in [-0.05, 0) is 78.6 Å². The number of carboxylic acids is 1. The summed E-state index contributed by atoms with van der Waals surface area (Å²) < 4.78 is 5.33. The van der Waals surface area contributed by atoms with Crippen molar-refractivity contribution >= 4 is 29.2 Å². The minimum atomic E-state index is -0.812. The van der Waals surface area contributed by atoms with Crippen molar-refractivity contribution in [1.82, 2.24) is 4.98 Å². The highest BCUT2D eigenvalue weighted by atomic mass is 16.5. The maximum Gasteiger partial charge on any atom is 0.303 e. The summed E-state index contributed by atoms with van der Waals surface area (Å²) in [6, 6.07) is 13.8. The lowest BCUT2D eigenvalue weighted by Gasteiger charge is -2.12. The number of fused-ring (bicyclic) bond motifs is 2. The largest absolute Gasteiger partial charge is 0.497 e. The third kappa shape index (κ3) is 4.04. The number of aromatic nitrogens is 1. The molecule has 0 saturated carbocycles. The first kappa shape index (κ1) is 21.1. The topological polar surface area (TPSA) is 91.4 Å². The number of hydrogen-bond donors (Lipinski definition) is 3. The van der Waals surface area contributed by atoms with E-state index in [4.69, 9.17) is 4.74 Å². The molecular weight excluding hydrogens is 416 g/mol. The first-order valence-corrected chi connectivity index (χ1v) is 11.3. The molecule has 0 fully saturated rings. The van der Waals surface area contributed by atoms with Gasteiger partial charge in [0.2, 0.25) is 0 Å². The van der Waals surface area contributed by atoms with Gasteiger partial charge in [-0.25, -0.2) is 0 Å². The summed E-state index contributed by atoms with van der Waals surface area (Å²) >= 11 is 0. The van der Waals surface area contributed by atoms with Crippen molar-refractivity contribution in [3.05, 3.63) is 70.5 Å². The molecule has 6 nitrogen and oxygen atoms in total. The molecule has 0 atom stereocenters. The second-order valence-corrected chi connectivity index (χ2v) is 8.58. The van der Waals surface area contributed by atoms with E-state index in [2.05, 4.69) is 10.3 Å². The van der Waals surface area contributed by atoms with E-state index in [0.717, 1.165) is 65.1 Å². The standard InChI is InChI=1S/C27H26N2O4/c1-33-18-6-4-5-16(13-18)17-9-10-21-22(27(32)29-24(21)14-17)15-25-20(11-12-26(30)31)19-7-2-3-8-23(19)28-25/h4-6,9-10,13-15,28H,2-3,7-8,11-12H2,1H3,(H,29,32)(H,30,31)/b22-15+. The van der Waals surface area contributed by atoms with Crippen LogP contribution in [-0.2, 0) is 28.9 Å². The molecule has 33 heavy (non-hydrogen) atoms. The SMILES string of the molecule is COc1cccc(-c2ccc3c(c2)NC(=O)/C3=C/c2[nH]c3c(c2CCC(=O)O)CCCC3)c1. The summed E-state index contributed by atoms with van der Waals surface area (Å²) in [5.41, 5.74) is 8.54. The van der Waals surface area contributed by atoms with E-state index in [1.54, 1.807) is 7.11 Å². The van der Waals surface area contributed by atoms with Crippen LogP contribution in [0.4, 0.5) is 5.69 Å². The van der Waals surface area contributed by atoms with Gasteiger partial charge in [0, 0.05) is 29.1 Å². The Balaban J connectivity index is 1.53. The summed E-state index contributed by atoms with van der Waals surface area (Å²) in [5, 5.41) is 12.2. The maximum absolute atomic E-state index is 12.9. The summed E-state index contributed by atoms with van der Waals surface area (Å²) in [7, 11) is 1.64. The molecule has 0 bridgehead atoms. The highest BCUT2D eigenvalue weighted by Crippen LogP contribution is 2.38. The number of carboxylic acid groups (broad SMARTS) is 1. The number of ether oxygens (including phenoxy) is 1. The molecule has 1 amide bonds. The van der Waals surface area contributed by atoms with Crippen LogP contribution < -0.4 is 10.1 Å². The summed E-state index contributed by atoms with van der Waals surface area (Å²) in [4.78, 5) is 27.6. The van der Waals surface area contributed by atoms with Crippen molar-refractivity contribution in [3.8, 4) is 16.9 Å². The van der Waals surface area contributed by atoms with Gasteiger partial charge < -0.3 is 20.1 Å². The second-order valence-electron chi connectivity index (χ2n) is 8.58. The van der Waals surface area contributed by atoms with Gasteiger partial charge in [-0.1, -0.05) is 24.3 Å². The number of H-pyrrole nitrogens is 1. The molecule has 2 heterocycles. The van der Waals surface area contributed by atoms with Crippen LogP contribution >= 0.6 is 0 Å². The van der Waals surface area contributed by atoms with E-state index in [-0.39, 0.29) is 12.3 Å². The number of carbonyl (C=O) groups excluding carboxylic acids is 1. The second kappa shape index (κ2) is 8.62. The number of anilines is 1. The molecule has 0 saturated heterocycles. The summed E-state index contributed by atoms with van der Waals surface area (Å²) in [5.74, 6) is -0.180. The lowest BCUT2D eigenvalue weighted by Crippen LogP contribution is -2.05. The zero-order chi connectivity index (χ0) is 22.9. The molecule has 1 aliphatic carbocycles. The molecule has 5 rings (SSSR count). The first-order chi connectivity index (χ1) is 16.0. The zero-order valence-corrected chi connectivity index (χ0v) is 18.5. The first-order valence-electron chi connectivity index (χ1n) is 11.3. The van der Waals surface area contributed by atoms with Crippen LogP contribution in [0.1, 0.15) is 47.3 Å². The van der Waals surface area contributed by atoms with Crippen molar-refractivity contribution in [1.29, 1.82) is 0 Å². The van der Waals surface area contributed by atoms with E-state index in [1.807, 2.05) is 48.5 Å².